The van der Waals surface area contributed by atoms with Crippen LogP contribution in [0.15, 0.2) is 36.4 Å². The van der Waals surface area contributed by atoms with Gasteiger partial charge in [-0.2, -0.15) is 0 Å². The van der Waals surface area contributed by atoms with Crippen LogP contribution in [0.1, 0.15) is 17.5 Å². The molecule has 2 fully saturated rings. The second kappa shape index (κ2) is 8.52. The zero-order valence-electron chi connectivity index (χ0n) is 18.3. The molecule has 2 saturated heterocycles. The third kappa shape index (κ3) is 3.96. The molecule has 0 aliphatic carbocycles. The van der Waals surface area contributed by atoms with Crippen LogP contribution in [-0.4, -0.2) is 49.6 Å². The molecular weight excluding hydrogens is 424 g/mol. The number of nitrogens with zero attached hydrogens (tertiary/aromatic N) is 3. The largest absolute Gasteiger partial charge is 0.378 e. The summed E-state index contributed by atoms with van der Waals surface area (Å²) >= 11 is 1.62. The number of anilines is 3. The van der Waals surface area contributed by atoms with E-state index in [-0.39, 0.29) is 24.2 Å². The van der Waals surface area contributed by atoms with Crippen molar-refractivity contribution in [2.24, 2.45) is 5.92 Å². The van der Waals surface area contributed by atoms with Crippen LogP contribution in [0.2, 0.25) is 0 Å². The summed E-state index contributed by atoms with van der Waals surface area (Å²) in [5.74, 6) is -0.501. The number of nitrogens with one attached hydrogen (secondary N) is 1. The van der Waals surface area contributed by atoms with Crippen molar-refractivity contribution < 1.29 is 14.3 Å². The van der Waals surface area contributed by atoms with Gasteiger partial charge in [0.05, 0.1) is 29.3 Å². The minimum Gasteiger partial charge on any atom is -0.378 e. The van der Waals surface area contributed by atoms with Gasteiger partial charge in [-0.25, -0.2) is 4.98 Å². The van der Waals surface area contributed by atoms with E-state index in [0.29, 0.717) is 6.54 Å². The van der Waals surface area contributed by atoms with E-state index in [1.165, 1.54) is 0 Å². The van der Waals surface area contributed by atoms with Crippen LogP contribution in [0.3, 0.4) is 0 Å². The predicted molar refractivity (Wildman–Crippen MR) is 128 cm³/mol. The Hall–Kier alpha value is -2.97. The number of aromatic nitrogens is 1. The van der Waals surface area contributed by atoms with Gasteiger partial charge in [0.2, 0.25) is 11.8 Å². The Labute approximate surface area is 191 Å². The maximum atomic E-state index is 13.0. The maximum absolute atomic E-state index is 13.0. The van der Waals surface area contributed by atoms with E-state index in [0.717, 1.165) is 64.2 Å². The molecular formula is C24H26N4O3S. The topological polar surface area (TPSA) is 74.8 Å². The lowest BCUT2D eigenvalue weighted by molar-refractivity contribution is -0.122. The van der Waals surface area contributed by atoms with Gasteiger partial charge in [0.15, 0.2) is 5.13 Å². The van der Waals surface area contributed by atoms with E-state index in [4.69, 9.17) is 9.72 Å². The fourth-order valence-electron chi connectivity index (χ4n) is 4.27. The Morgan fingerprint density at radius 2 is 2.00 bits per heavy atom. The zero-order valence-corrected chi connectivity index (χ0v) is 19.1. The first kappa shape index (κ1) is 20.9. The molecule has 2 amide bonds. The fraction of sp³-hybridized carbons (Fsp3) is 0.375. The van der Waals surface area contributed by atoms with E-state index >= 15 is 0 Å². The van der Waals surface area contributed by atoms with Crippen molar-refractivity contribution in [2.75, 3.05) is 48.0 Å². The van der Waals surface area contributed by atoms with Crippen molar-refractivity contribution in [3.05, 3.63) is 47.5 Å². The Bertz CT molecular complexity index is 1190. The molecule has 1 N–H and O–H groups in total. The summed E-state index contributed by atoms with van der Waals surface area (Å²) in [6.45, 7) is 7.57. The molecule has 1 atom stereocenters. The average Bonchev–Trinajstić information content (AvgIpc) is 3.40. The third-order valence-corrected chi connectivity index (χ3v) is 7.37. The summed E-state index contributed by atoms with van der Waals surface area (Å²) in [5, 5.41) is 3.99. The monoisotopic (exact) mass is 450 g/mol. The molecule has 0 spiro atoms. The minimum absolute atomic E-state index is 0.00749. The quantitative estimate of drug-likeness (QED) is 0.655. The number of carbonyl (C=O) groups is 2. The van der Waals surface area contributed by atoms with Gasteiger partial charge in [-0.05, 0) is 49.2 Å². The highest BCUT2D eigenvalue weighted by Crippen LogP contribution is 2.33. The van der Waals surface area contributed by atoms with E-state index in [9.17, 15) is 9.59 Å². The SMILES string of the molecule is Cc1cccc(N2C[C@@H](C(=O)Nc3ccc4nc(N5CCOCC5)sc4c3)CC2=O)c1C. The van der Waals surface area contributed by atoms with Gasteiger partial charge in [-0.15, -0.1) is 0 Å². The van der Waals surface area contributed by atoms with Crippen LogP contribution in [-0.2, 0) is 14.3 Å². The molecule has 3 aromatic rings. The smallest absolute Gasteiger partial charge is 0.229 e. The number of carbonyl (C=O) groups excluding carboxylic acids is 2. The molecule has 166 valence electrons. The van der Waals surface area contributed by atoms with E-state index < -0.39 is 0 Å². The first-order valence-electron chi connectivity index (χ1n) is 10.9. The normalized spacial score (nSPS) is 19.1. The number of fused-ring (bicyclic) bond motifs is 1. The van der Waals surface area contributed by atoms with Crippen molar-refractivity contribution in [1.82, 2.24) is 4.98 Å². The van der Waals surface area contributed by atoms with E-state index in [1.807, 2.05) is 50.2 Å². The van der Waals surface area contributed by atoms with Crippen molar-refractivity contribution in [3.63, 3.8) is 0 Å². The van der Waals surface area contributed by atoms with Crippen molar-refractivity contribution in [1.29, 1.82) is 0 Å². The van der Waals surface area contributed by atoms with Gasteiger partial charge in [-0.1, -0.05) is 23.5 Å². The van der Waals surface area contributed by atoms with Crippen LogP contribution in [0.4, 0.5) is 16.5 Å². The van der Waals surface area contributed by atoms with E-state index in [1.54, 1.807) is 16.2 Å². The van der Waals surface area contributed by atoms with Crippen LogP contribution < -0.4 is 15.1 Å². The molecule has 1 aromatic heterocycles. The van der Waals surface area contributed by atoms with Gasteiger partial charge < -0.3 is 19.9 Å². The first-order valence-corrected chi connectivity index (χ1v) is 11.7. The molecule has 32 heavy (non-hydrogen) atoms. The number of aryl methyl sites for hydroxylation is 1. The molecule has 7 nitrogen and oxygen atoms in total. The van der Waals surface area contributed by atoms with Gasteiger partial charge in [0.25, 0.3) is 0 Å². The first-order chi connectivity index (χ1) is 15.5. The van der Waals surface area contributed by atoms with Crippen molar-refractivity contribution >= 4 is 49.9 Å². The lowest BCUT2D eigenvalue weighted by atomic mass is 10.1. The second-order valence-electron chi connectivity index (χ2n) is 8.39. The summed E-state index contributed by atoms with van der Waals surface area (Å²) in [6, 6.07) is 11.7. The Kier molecular flexibility index (Phi) is 5.57. The standard InChI is InChI=1S/C24H26N4O3S/c1-15-4-3-5-20(16(15)2)28-14-17(12-22(28)29)23(30)25-18-6-7-19-21(13-18)32-24(26-19)27-8-10-31-11-9-27/h3-7,13,17H,8-12,14H2,1-2H3,(H,25,30)/t17-/m0/s1. The van der Waals surface area contributed by atoms with Crippen LogP contribution in [0.5, 0.6) is 0 Å². The number of hydrogen-bond acceptors (Lipinski definition) is 6. The highest BCUT2D eigenvalue weighted by Gasteiger charge is 2.35. The Morgan fingerprint density at radius 3 is 2.81 bits per heavy atom. The zero-order chi connectivity index (χ0) is 22.2. The number of ether oxygens (including phenoxy) is 1. The second-order valence-corrected chi connectivity index (χ2v) is 9.40. The molecule has 2 aliphatic rings. The molecule has 8 heteroatoms. The van der Waals surface area contributed by atoms with Crippen LogP contribution in [0, 0.1) is 19.8 Å². The molecule has 0 radical (unpaired) electrons. The van der Waals surface area contributed by atoms with Gasteiger partial charge in [0, 0.05) is 37.4 Å². The summed E-state index contributed by atoms with van der Waals surface area (Å²) < 4.78 is 6.45. The highest BCUT2D eigenvalue weighted by molar-refractivity contribution is 7.22. The molecule has 0 bridgehead atoms. The minimum atomic E-state index is -0.372. The number of morpholine rings is 1. The Balaban J connectivity index is 1.29. The maximum Gasteiger partial charge on any atom is 0.229 e. The summed E-state index contributed by atoms with van der Waals surface area (Å²) in [4.78, 5) is 34.3. The fourth-order valence-corrected chi connectivity index (χ4v) is 5.32. The number of rotatable bonds is 4. The molecule has 0 saturated carbocycles. The van der Waals surface area contributed by atoms with Crippen molar-refractivity contribution in [3.8, 4) is 0 Å². The third-order valence-electron chi connectivity index (χ3n) is 6.29. The molecule has 0 unspecified atom stereocenters. The number of amides is 2. The summed E-state index contributed by atoms with van der Waals surface area (Å²) in [7, 11) is 0. The average molecular weight is 451 g/mol. The van der Waals surface area contributed by atoms with Gasteiger partial charge in [-0.3, -0.25) is 9.59 Å². The van der Waals surface area contributed by atoms with Crippen LogP contribution in [0.25, 0.3) is 10.2 Å². The number of benzene rings is 2. The molecule has 2 aliphatic heterocycles. The van der Waals surface area contributed by atoms with Crippen LogP contribution >= 0.6 is 11.3 Å². The molecule has 5 rings (SSSR count). The molecule has 3 heterocycles. The summed E-state index contributed by atoms with van der Waals surface area (Å²) in [6.07, 6.45) is 0.225. The predicted octanol–water partition coefficient (Wildman–Crippen LogP) is 3.74. The molecule has 2 aromatic carbocycles. The lowest BCUT2D eigenvalue weighted by Crippen LogP contribution is -2.36. The number of thiazole rings is 1. The summed E-state index contributed by atoms with van der Waals surface area (Å²) in [5.41, 5.74) is 4.77. The van der Waals surface area contributed by atoms with E-state index in [2.05, 4.69) is 10.2 Å². The highest BCUT2D eigenvalue weighted by atomic mass is 32.1. The Morgan fingerprint density at radius 1 is 1.19 bits per heavy atom. The lowest BCUT2D eigenvalue weighted by Gasteiger charge is -2.25. The van der Waals surface area contributed by atoms with Gasteiger partial charge in [0.1, 0.15) is 0 Å². The van der Waals surface area contributed by atoms with Gasteiger partial charge >= 0.3 is 0 Å². The van der Waals surface area contributed by atoms with Crippen molar-refractivity contribution in [2.45, 2.75) is 20.3 Å². The number of hydrogen-bond donors (Lipinski definition) is 1.